The number of carbonyl (C=O) groups is 2. The number of benzene rings is 2. The van der Waals surface area contributed by atoms with Crippen molar-refractivity contribution >= 4 is 30.7 Å². The second kappa shape index (κ2) is 9.64. The van der Waals surface area contributed by atoms with E-state index in [1.165, 1.54) is 38.6 Å². The van der Waals surface area contributed by atoms with Gasteiger partial charge in [0.05, 0.1) is 20.3 Å². The van der Waals surface area contributed by atoms with Crippen LogP contribution in [0.5, 0.6) is 0 Å². The van der Waals surface area contributed by atoms with E-state index < -0.39 is 37.1 Å². The van der Waals surface area contributed by atoms with Gasteiger partial charge in [-0.05, 0) is 35.6 Å². The van der Waals surface area contributed by atoms with Crippen molar-refractivity contribution in [2.45, 2.75) is 25.2 Å². The highest BCUT2D eigenvalue weighted by atomic mass is 19.1. The van der Waals surface area contributed by atoms with E-state index in [9.17, 15) is 14.0 Å². The Bertz CT molecular complexity index is 914. The van der Waals surface area contributed by atoms with Gasteiger partial charge in [0.25, 0.3) is 0 Å². The van der Waals surface area contributed by atoms with E-state index in [1.54, 1.807) is 0 Å². The fourth-order valence-corrected chi connectivity index (χ4v) is 3.06. The fraction of sp³-hybridized carbons (Fsp3) is 0.286. The Morgan fingerprint density at radius 1 is 1.07 bits per heavy atom. The number of ether oxygens (including phenoxy) is 2. The van der Waals surface area contributed by atoms with Crippen molar-refractivity contribution in [1.29, 1.82) is 0 Å². The molecule has 1 saturated heterocycles. The molecule has 30 heavy (non-hydrogen) atoms. The van der Waals surface area contributed by atoms with Crippen LogP contribution in [0.25, 0.3) is 0 Å². The molecule has 0 bridgehead atoms. The first-order chi connectivity index (χ1) is 14.4. The van der Waals surface area contributed by atoms with Gasteiger partial charge >= 0.3 is 19.1 Å². The lowest BCUT2D eigenvalue weighted by Gasteiger charge is -2.13. The number of carbonyl (C=O) groups excluding carboxylic acids is 2. The molecule has 0 aromatic heterocycles. The molecule has 2 aromatic rings. The zero-order valence-electron chi connectivity index (χ0n) is 16.8. The zero-order chi connectivity index (χ0) is 21.7. The van der Waals surface area contributed by atoms with Crippen LogP contribution in [0.15, 0.2) is 53.5 Å². The molecule has 1 unspecified atom stereocenters. The molecule has 3 atom stereocenters. The highest BCUT2D eigenvalue weighted by molar-refractivity contribution is 6.63. The molecule has 2 aromatic carbocycles. The van der Waals surface area contributed by atoms with Gasteiger partial charge in [-0.15, -0.1) is 0 Å². The van der Waals surface area contributed by atoms with Crippen molar-refractivity contribution in [1.82, 2.24) is 0 Å². The summed E-state index contributed by atoms with van der Waals surface area (Å²) in [7, 11) is 1.25. The molecule has 1 aliphatic rings. The SMILES string of the molecule is COC(=O)[C@H]1OB(c2ccc(F)cc2C=NC(C)c2ccccc2)O[C@@H]1C(=O)OC. The van der Waals surface area contributed by atoms with Crippen molar-refractivity contribution in [2.75, 3.05) is 14.2 Å². The summed E-state index contributed by atoms with van der Waals surface area (Å²) >= 11 is 0. The quantitative estimate of drug-likeness (QED) is 0.408. The van der Waals surface area contributed by atoms with E-state index in [0.29, 0.717) is 11.0 Å². The third-order valence-electron chi connectivity index (χ3n) is 4.70. The Hall–Kier alpha value is -3.04. The van der Waals surface area contributed by atoms with E-state index in [0.717, 1.165) is 5.56 Å². The second-order valence-corrected chi connectivity index (χ2v) is 6.63. The molecular weight excluding hydrogens is 392 g/mol. The van der Waals surface area contributed by atoms with E-state index in [1.807, 2.05) is 37.3 Å². The van der Waals surface area contributed by atoms with Crippen molar-refractivity contribution in [3.63, 3.8) is 0 Å². The molecule has 9 heteroatoms. The molecule has 3 rings (SSSR count). The van der Waals surface area contributed by atoms with Crippen LogP contribution >= 0.6 is 0 Å². The summed E-state index contributed by atoms with van der Waals surface area (Å²) in [4.78, 5) is 28.5. The Morgan fingerprint density at radius 2 is 1.67 bits per heavy atom. The lowest BCUT2D eigenvalue weighted by Crippen LogP contribution is -2.38. The van der Waals surface area contributed by atoms with Gasteiger partial charge in [-0.25, -0.2) is 14.0 Å². The Labute approximate surface area is 173 Å². The number of esters is 2. The normalized spacial score (nSPS) is 19.7. The van der Waals surface area contributed by atoms with Gasteiger partial charge in [-0.2, -0.15) is 0 Å². The van der Waals surface area contributed by atoms with Gasteiger partial charge in [-0.1, -0.05) is 36.4 Å². The lowest BCUT2D eigenvalue weighted by atomic mass is 9.76. The van der Waals surface area contributed by atoms with Gasteiger partial charge in [0.2, 0.25) is 0 Å². The average Bonchev–Trinajstić information content (AvgIpc) is 3.22. The summed E-state index contributed by atoms with van der Waals surface area (Å²) in [5.41, 5.74) is 1.81. The second-order valence-electron chi connectivity index (χ2n) is 6.63. The van der Waals surface area contributed by atoms with Crippen LogP contribution in [0, 0.1) is 5.82 Å². The first-order valence-electron chi connectivity index (χ1n) is 9.28. The highest BCUT2D eigenvalue weighted by Crippen LogP contribution is 2.21. The standard InChI is InChI=1S/C21H21BFNO6/c1-13(14-7-5-4-6-8-14)24-12-15-11-16(23)9-10-17(15)22-29-18(20(25)27-2)19(30-22)21(26)28-3/h4-13,18-19H,1-3H3/t13?,18-,19-/m0/s1. The summed E-state index contributed by atoms with van der Waals surface area (Å²) in [6, 6.07) is 13.4. The molecule has 0 spiro atoms. The number of nitrogens with zero attached hydrogens (tertiary/aromatic N) is 1. The molecule has 0 aliphatic carbocycles. The molecule has 7 nitrogen and oxygen atoms in total. The molecule has 1 fully saturated rings. The van der Waals surface area contributed by atoms with Crippen LogP contribution in [0.1, 0.15) is 24.1 Å². The zero-order valence-corrected chi connectivity index (χ0v) is 16.8. The summed E-state index contributed by atoms with van der Waals surface area (Å²) in [5, 5.41) is 0. The smallest absolute Gasteiger partial charge is 0.467 e. The molecule has 0 saturated carbocycles. The molecule has 0 radical (unpaired) electrons. The first kappa shape index (κ1) is 21.7. The summed E-state index contributed by atoms with van der Waals surface area (Å²) in [5.74, 6) is -2.02. The maximum Gasteiger partial charge on any atom is 0.496 e. The van der Waals surface area contributed by atoms with E-state index in [4.69, 9.17) is 9.31 Å². The number of hydrogen-bond donors (Lipinski definition) is 0. The van der Waals surface area contributed by atoms with Crippen LogP contribution in [0.3, 0.4) is 0 Å². The van der Waals surface area contributed by atoms with Gasteiger partial charge in [-0.3, -0.25) is 4.99 Å². The minimum atomic E-state index is -1.30. The van der Waals surface area contributed by atoms with Gasteiger partial charge < -0.3 is 18.8 Å². The molecule has 0 N–H and O–H groups in total. The van der Waals surface area contributed by atoms with E-state index >= 15 is 0 Å². The average molecular weight is 413 g/mol. The van der Waals surface area contributed by atoms with Crippen LogP contribution in [-0.2, 0) is 28.4 Å². The van der Waals surface area contributed by atoms with E-state index in [2.05, 4.69) is 14.5 Å². The monoisotopic (exact) mass is 413 g/mol. The predicted octanol–water partition coefficient (Wildman–Crippen LogP) is 1.83. The summed E-state index contributed by atoms with van der Waals surface area (Å²) in [6.07, 6.45) is -1.09. The number of methoxy groups -OCH3 is 2. The van der Waals surface area contributed by atoms with Crippen molar-refractivity contribution in [3.05, 3.63) is 65.5 Å². The number of aliphatic imine (C=N–C) groups is 1. The van der Waals surface area contributed by atoms with Crippen LogP contribution in [0.4, 0.5) is 4.39 Å². The topological polar surface area (TPSA) is 83.4 Å². The molecule has 156 valence electrons. The number of rotatable bonds is 6. The highest BCUT2D eigenvalue weighted by Gasteiger charge is 2.50. The van der Waals surface area contributed by atoms with Crippen molar-refractivity contribution in [2.24, 2.45) is 4.99 Å². The summed E-state index contributed by atoms with van der Waals surface area (Å²) < 4.78 is 34.5. The molecule has 0 amide bonds. The Balaban J connectivity index is 1.88. The third-order valence-corrected chi connectivity index (χ3v) is 4.70. The first-order valence-corrected chi connectivity index (χ1v) is 9.28. The van der Waals surface area contributed by atoms with Gasteiger partial charge in [0.1, 0.15) is 5.82 Å². The fourth-order valence-electron chi connectivity index (χ4n) is 3.06. The van der Waals surface area contributed by atoms with Crippen LogP contribution in [0.2, 0.25) is 0 Å². The Kier molecular flexibility index (Phi) is 6.97. The van der Waals surface area contributed by atoms with Crippen LogP contribution in [-0.4, -0.2) is 51.7 Å². The largest absolute Gasteiger partial charge is 0.496 e. The molecule has 1 heterocycles. The van der Waals surface area contributed by atoms with Gasteiger partial charge in [0, 0.05) is 6.21 Å². The predicted molar refractivity (Wildman–Crippen MR) is 108 cm³/mol. The van der Waals surface area contributed by atoms with Crippen LogP contribution < -0.4 is 5.46 Å². The third kappa shape index (κ3) is 4.75. The minimum Gasteiger partial charge on any atom is -0.467 e. The van der Waals surface area contributed by atoms with Crippen molar-refractivity contribution < 1.29 is 32.8 Å². The summed E-state index contributed by atoms with van der Waals surface area (Å²) in [6.45, 7) is 1.91. The minimum absolute atomic E-state index is 0.168. The van der Waals surface area contributed by atoms with Crippen molar-refractivity contribution in [3.8, 4) is 0 Å². The maximum atomic E-state index is 13.9. The maximum absolute atomic E-state index is 13.9. The molecular formula is C21H21BFNO6. The van der Waals surface area contributed by atoms with E-state index in [-0.39, 0.29) is 6.04 Å². The molecule has 1 aliphatic heterocycles. The number of hydrogen-bond acceptors (Lipinski definition) is 7. The Morgan fingerprint density at radius 3 is 2.23 bits per heavy atom. The number of halogens is 1. The lowest BCUT2D eigenvalue weighted by molar-refractivity contribution is -0.160. The van der Waals surface area contributed by atoms with Gasteiger partial charge in [0.15, 0.2) is 12.2 Å².